The summed E-state index contributed by atoms with van der Waals surface area (Å²) in [7, 11) is 0. The maximum atomic E-state index is 14.5. The Bertz CT molecular complexity index is 1340. The van der Waals surface area contributed by atoms with Crippen LogP contribution in [0.2, 0.25) is 0 Å². The van der Waals surface area contributed by atoms with Crippen molar-refractivity contribution in [2.75, 3.05) is 6.61 Å². The summed E-state index contributed by atoms with van der Waals surface area (Å²) in [6.07, 6.45) is -7.20. The minimum Gasteiger partial charge on any atom is -0.464 e. The Kier molecular flexibility index (Phi) is 5.93. The van der Waals surface area contributed by atoms with Crippen LogP contribution in [0, 0.1) is 11.8 Å². The van der Waals surface area contributed by atoms with Crippen LogP contribution in [0.1, 0.15) is 17.2 Å². The number of alkyl halides is 3. The van der Waals surface area contributed by atoms with Crippen LogP contribution in [-0.4, -0.2) is 24.7 Å². The topological polar surface area (TPSA) is 52.6 Å². The average molecular weight is 478 g/mol. The Morgan fingerprint density at radius 1 is 0.914 bits per heavy atom. The van der Waals surface area contributed by atoms with E-state index in [0.29, 0.717) is 21.5 Å². The molecule has 4 aromatic rings. The molecule has 35 heavy (non-hydrogen) atoms. The van der Waals surface area contributed by atoms with Gasteiger partial charge in [0.15, 0.2) is 0 Å². The first-order chi connectivity index (χ1) is 16.8. The molecule has 1 fully saturated rings. The van der Waals surface area contributed by atoms with E-state index >= 15 is 0 Å². The predicted molar refractivity (Wildman–Crippen MR) is 124 cm³/mol. The van der Waals surface area contributed by atoms with Crippen LogP contribution in [0.5, 0.6) is 0 Å². The first kappa shape index (κ1) is 22.9. The van der Waals surface area contributed by atoms with Gasteiger partial charge < -0.3 is 9.47 Å². The highest BCUT2D eigenvalue weighted by Gasteiger charge is 2.49. The second-order valence-electron chi connectivity index (χ2n) is 8.62. The van der Waals surface area contributed by atoms with Gasteiger partial charge in [0.2, 0.25) is 6.10 Å². The predicted octanol–water partition coefficient (Wildman–Crippen LogP) is 6.17. The molecule has 0 radical (unpaired) electrons. The molecule has 0 spiro atoms. The van der Waals surface area contributed by atoms with Gasteiger partial charge in [-0.15, -0.1) is 0 Å². The number of carbonyl (C=O) groups excluding carboxylic acids is 2. The van der Waals surface area contributed by atoms with Crippen LogP contribution in [0.15, 0.2) is 84.9 Å². The first-order valence-electron chi connectivity index (χ1n) is 11.2. The Morgan fingerprint density at radius 2 is 1.49 bits per heavy atom. The van der Waals surface area contributed by atoms with Crippen molar-refractivity contribution < 1.29 is 32.2 Å². The SMILES string of the molecule is O=C1OC[C@@H](C(=O)O[C@@H](c2c3ccccc3cc3ccccc23)C(F)(F)F)[C@@H]1Cc1ccccc1. The largest absolute Gasteiger partial charge is 0.464 e. The van der Waals surface area contributed by atoms with Gasteiger partial charge in [0, 0.05) is 5.56 Å². The van der Waals surface area contributed by atoms with Crippen molar-refractivity contribution in [1.29, 1.82) is 0 Å². The van der Waals surface area contributed by atoms with Crippen LogP contribution in [0.25, 0.3) is 21.5 Å². The lowest BCUT2D eigenvalue weighted by Gasteiger charge is -2.26. The van der Waals surface area contributed by atoms with Gasteiger partial charge in [0.05, 0.1) is 5.92 Å². The van der Waals surface area contributed by atoms with Crippen molar-refractivity contribution in [2.24, 2.45) is 11.8 Å². The summed E-state index contributed by atoms with van der Waals surface area (Å²) < 4.78 is 53.6. The monoisotopic (exact) mass is 478 g/mol. The molecule has 0 saturated carbocycles. The molecule has 3 atom stereocenters. The second kappa shape index (κ2) is 9.06. The van der Waals surface area contributed by atoms with Gasteiger partial charge in [-0.1, -0.05) is 78.9 Å². The Labute approximate surface area is 199 Å². The molecule has 0 N–H and O–H groups in total. The molecule has 0 amide bonds. The fourth-order valence-corrected chi connectivity index (χ4v) is 4.71. The third kappa shape index (κ3) is 4.46. The quantitative estimate of drug-likeness (QED) is 0.254. The Morgan fingerprint density at radius 3 is 2.09 bits per heavy atom. The van der Waals surface area contributed by atoms with Crippen molar-refractivity contribution in [3.8, 4) is 0 Å². The third-order valence-electron chi connectivity index (χ3n) is 6.40. The molecule has 5 rings (SSSR count). The van der Waals surface area contributed by atoms with Gasteiger partial charge in [-0.05, 0) is 39.6 Å². The number of hydrogen-bond acceptors (Lipinski definition) is 4. The van der Waals surface area contributed by atoms with E-state index in [2.05, 4.69) is 0 Å². The van der Waals surface area contributed by atoms with Gasteiger partial charge in [-0.2, -0.15) is 13.2 Å². The number of hydrogen-bond donors (Lipinski definition) is 0. The summed E-state index contributed by atoms with van der Waals surface area (Å²) in [5.41, 5.74) is 0.658. The zero-order valence-electron chi connectivity index (χ0n) is 18.5. The van der Waals surface area contributed by atoms with Crippen LogP contribution in [0.4, 0.5) is 13.2 Å². The maximum absolute atomic E-state index is 14.5. The molecule has 4 nitrogen and oxygen atoms in total. The molecule has 1 heterocycles. The molecule has 0 aromatic heterocycles. The van der Waals surface area contributed by atoms with E-state index in [9.17, 15) is 22.8 Å². The Balaban J connectivity index is 1.54. The fourth-order valence-electron chi connectivity index (χ4n) is 4.71. The smallest absolute Gasteiger partial charge is 0.429 e. The highest BCUT2D eigenvalue weighted by Crippen LogP contribution is 2.44. The van der Waals surface area contributed by atoms with Crippen molar-refractivity contribution in [1.82, 2.24) is 0 Å². The van der Waals surface area contributed by atoms with Crippen LogP contribution in [0.3, 0.4) is 0 Å². The van der Waals surface area contributed by atoms with Gasteiger partial charge in [-0.25, -0.2) is 0 Å². The lowest BCUT2D eigenvalue weighted by atomic mass is 9.89. The normalized spacial score (nSPS) is 19.0. The highest BCUT2D eigenvalue weighted by molar-refractivity contribution is 6.03. The molecule has 7 heteroatoms. The fraction of sp³-hybridized carbons (Fsp3) is 0.214. The minimum absolute atomic E-state index is 0.121. The van der Waals surface area contributed by atoms with Crippen molar-refractivity contribution in [3.63, 3.8) is 0 Å². The molecule has 1 aliphatic rings. The van der Waals surface area contributed by atoms with E-state index in [0.717, 1.165) is 5.56 Å². The molecule has 178 valence electrons. The number of benzene rings is 4. The zero-order chi connectivity index (χ0) is 24.6. The van der Waals surface area contributed by atoms with Crippen molar-refractivity contribution >= 4 is 33.5 Å². The van der Waals surface area contributed by atoms with Crippen molar-refractivity contribution in [2.45, 2.75) is 18.7 Å². The molecule has 1 saturated heterocycles. The van der Waals surface area contributed by atoms with Gasteiger partial charge in [-0.3, -0.25) is 9.59 Å². The third-order valence-corrected chi connectivity index (χ3v) is 6.40. The average Bonchev–Trinajstić information content (AvgIpc) is 3.21. The van der Waals surface area contributed by atoms with Crippen molar-refractivity contribution in [3.05, 3.63) is 96.1 Å². The molecule has 0 unspecified atom stereocenters. The highest BCUT2D eigenvalue weighted by atomic mass is 19.4. The molecule has 0 bridgehead atoms. The van der Waals surface area contributed by atoms with E-state index in [4.69, 9.17) is 9.47 Å². The lowest BCUT2D eigenvalue weighted by Crippen LogP contribution is -2.33. The first-order valence-corrected chi connectivity index (χ1v) is 11.2. The number of carbonyl (C=O) groups is 2. The number of halogens is 3. The van der Waals surface area contributed by atoms with Gasteiger partial charge in [0.25, 0.3) is 0 Å². The van der Waals surface area contributed by atoms with E-state index in [-0.39, 0.29) is 18.6 Å². The molecule has 4 aromatic carbocycles. The standard InChI is InChI=1S/C28H21F3O4/c29-28(30,31)25(24-20-12-6-4-10-18(20)15-19-11-5-7-13-21(19)24)35-27(33)23-16-34-26(32)22(23)14-17-8-2-1-3-9-17/h1-13,15,22-23,25H,14,16H2/t22-,23+,25-/m0/s1. The molecular formula is C28H21F3O4. The van der Waals surface area contributed by atoms with Crippen LogP contribution < -0.4 is 0 Å². The van der Waals surface area contributed by atoms with E-state index in [1.54, 1.807) is 72.8 Å². The number of cyclic esters (lactones) is 1. The molecule has 1 aliphatic heterocycles. The Hall–Kier alpha value is -3.87. The van der Waals surface area contributed by atoms with Crippen LogP contribution >= 0.6 is 0 Å². The number of esters is 2. The van der Waals surface area contributed by atoms with Crippen LogP contribution in [-0.2, 0) is 25.5 Å². The van der Waals surface area contributed by atoms with Gasteiger partial charge >= 0.3 is 18.1 Å². The molecular weight excluding hydrogens is 457 g/mol. The number of fused-ring (bicyclic) bond motifs is 2. The summed E-state index contributed by atoms with van der Waals surface area (Å²) in [6, 6.07) is 24.2. The lowest BCUT2D eigenvalue weighted by molar-refractivity contribution is -0.226. The summed E-state index contributed by atoms with van der Waals surface area (Å²) in [4.78, 5) is 25.5. The summed E-state index contributed by atoms with van der Waals surface area (Å²) in [5, 5.41) is 1.91. The second-order valence-corrected chi connectivity index (χ2v) is 8.62. The summed E-state index contributed by atoms with van der Waals surface area (Å²) in [6.45, 7) is -0.309. The maximum Gasteiger partial charge on any atom is 0.429 e. The van der Waals surface area contributed by atoms with E-state index in [1.807, 2.05) is 12.1 Å². The number of rotatable bonds is 5. The number of ether oxygens (including phenoxy) is 2. The summed E-state index contributed by atoms with van der Waals surface area (Å²) >= 11 is 0. The summed E-state index contributed by atoms with van der Waals surface area (Å²) in [5.74, 6) is -3.76. The minimum atomic E-state index is -4.87. The van der Waals surface area contributed by atoms with E-state index in [1.165, 1.54) is 0 Å². The zero-order valence-corrected chi connectivity index (χ0v) is 18.5. The molecule has 0 aliphatic carbocycles. The van der Waals surface area contributed by atoms with Gasteiger partial charge in [0.1, 0.15) is 12.5 Å². The van der Waals surface area contributed by atoms with E-state index < -0.39 is 36.1 Å².